The molecule has 1 amide bonds. The summed E-state index contributed by atoms with van der Waals surface area (Å²) in [4.78, 5) is 21.9. The Bertz CT molecular complexity index is 626. The smallest absolute Gasteiger partial charge is 0.222 e. The number of hydrogen-bond acceptors (Lipinski definition) is 3. The summed E-state index contributed by atoms with van der Waals surface area (Å²) in [5, 5.41) is 0.751. The average molecular weight is 302 g/mol. The van der Waals surface area contributed by atoms with Gasteiger partial charge in [0.1, 0.15) is 6.33 Å². The SMILES string of the molecule is O=C(CCc1cncnc1)N1CC(c2cccc(Cl)c2)C1. The number of hydrogen-bond donors (Lipinski definition) is 0. The molecule has 1 fully saturated rings. The second-order valence-corrected chi connectivity index (χ2v) is 5.73. The Morgan fingerprint density at radius 3 is 2.76 bits per heavy atom. The number of likely N-dealkylation sites (tertiary alicyclic amines) is 1. The van der Waals surface area contributed by atoms with E-state index >= 15 is 0 Å². The molecule has 1 aromatic heterocycles. The van der Waals surface area contributed by atoms with Crippen LogP contribution in [-0.2, 0) is 11.2 Å². The number of carbonyl (C=O) groups excluding carboxylic acids is 1. The first-order chi connectivity index (χ1) is 10.2. The second-order valence-electron chi connectivity index (χ2n) is 5.30. The standard InChI is InChI=1S/C16H16ClN3O/c17-15-3-1-2-13(6-15)14-9-20(10-14)16(21)5-4-12-7-18-11-19-8-12/h1-3,6-8,11,14H,4-5,9-10H2. The van der Waals surface area contributed by atoms with E-state index < -0.39 is 0 Å². The zero-order valence-electron chi connectivity index (χ0n) is 11.6. The van der Waals surface area contributed by atoms with Crippen molar-refractivity contribution in [1.82, 2.24) is 14.9 Å². The average Bonchev–Trinajstić information content (AvgIpc) is 2.45. The molecule has 0 N–H and O–H groups in total. The van der Waals surface area contributed by atoms with Crippen molar-refractivity contribution in [2.24, 2.45) is 0 Å². The quantitative estimate of drug-likeness (QED) is 0.872. The van der Waals surface area contributed by atoms with E-state index in [4.69, 9.17) is 11.6 Å². The van der Waals surface area contributed by atoms with Crippen LogP contribution in [0.1, 0.15) is 23.5 Å². The van der Waals surface area contributed by atoms with Crippen LogP contribution < -0.4 is 0 Å². The maximum atomic E-state index is 12.1. The molecule has 1 saturated heterocycles. The van der Waals surface area contributed by atoms with E-state index in [0.717, 1.165) is 23.7 Å². The molecule has 1 aliphatic heterocycles. The van der Waals surface area contributed by atoms with Crippen molar-refractivity contribution in [3.63, 3.8) is 0 Å². The number of nitrogens with zero attached hydrogens (tertiary/aromatic N) is 3. The Labute approximate surface area is 128 Å². The third-order valence-corrected chi connectivity index (χ3v) is 4.03. The summed E-state index contributed by atoms with van der Waals surface area (Å²) >= 11 is 5.99. The van der Waals surface area contributed by atoms with E-state index in [1.54, 1.807) is 12.4 Å². The van der Waals surface area contributed by atoms with Crippen molar-refractivity contribution in [2.75, 3.05) is 13.1 Å². The van der Waals surface area contributed by atoms with Crippen LogP contribution in [0.2, 0.25) is 5.02 Å². The predicted molar refractivity (Wildman–Crippen MR) is 81.1 cm³/mol. The van der Waals surface area contributed by atoms with Gasteiger partial charge in [-0.15, -0.1) is 0 Å². The molecular weight excluding hydrogens is 286 g/mol. The van der Waals surface area contributed by atoms with Gasteiger partial charge in [0.05, 0.1) is 0 Å². The zero-order valence-corrected chi connectivity index (χ0v) is 12.3. The first-order valence-corrected chi connectivity index (χ1v) is 7.37. The number of aryl methyl sites for hydroxylation is 1. The van der Waals surface area contributed by atoms with E-state index in [1.807, 2.05) is 23.1 Å². The van der Waals surface area contributed by atoms with Crippen molar-refractivity contribution < 1.29 is 4.79 Å². The predicted octanol–water partition coefficient (Wildman–Crippen LogP) is 2.69. The summed E-state index contributed by atoms with van der Waals surface area (Å²) in [6.07, 6.45) is 6.21. The molecule has 5 heteroatoms. The number of amides is 1. The molecule has 3 rings (SSSR count). The molecule has 0 spiro atoms. The summed E-state index contributed by atoms with van der Waals surface area (Å²) in [7, 11) is 0. The lowest BCUT2D eigenvalue weighted by atomic mass is 9.91. The van der Waals surface area contributed by atoms with Crippen molar-refractivity contribution in [3.05, 3.63) is 59.1 Å². The molecule has 108 valence electrons. The molecule has 2 heterocycles. The Balaban J connectivity index is 1.48. The summed E-state index contributed by atoms with van der Waals surface area (Å²) in [5.74, 6) is 0.602. The normalized spacial score (nSPS) is 14.8. The van der Waals surface area contributed by atoms with Gasteiger partial charge in [0.2, 0.25) is 5.91 Å². The molecule has 0 radical (unpaired) electrons. The van der Waals surface area contributed by atoms with Crippen LogP contribution in [0.25, 0.3) is 0 Å². The maximum Gasteiger partial charge on any atom is 0.222 e. The minimum absolute atomic E-state index is 0.192. The lowest BCUT2D eigenvalue weighted by molar-refractivity contribution is -0.135. The van der Waals surface area contributed by atoms with E-state index in [1.165, 1.54) is 11.9 Å². The number of carbonyl (C=O) groups is 1. The van der Waals surface area contributed by atoms with Gasteiger partial charge in [-0.2, -0.15) is 0 Å². The highest BCUT2D eigenvalue weighted by atomic mass is 35.5. The molecule has 0 unspecified atom stereocenters. The van der Waals surface area contributed by atoms with Crippen LogP contribution in [0.15, 0.2) is 43.0 Å². The highest BCUT2D eigenvalue weighted by molar-refractivity contribution is 6.30. The summed E-state index contributed by atoms with van der Waals surface area (Å²) in [6, 6.07) is 7.88. The third kappa shape index (κ3) is 3.39. The van der Waals surface area contributed by atoms with Crippen molar-refractivity contribution in [2.45, 2.75) is 18.8 Å². The molecule has 0 saturated carbocycles. The lowest BCUT2D eigenvalue weighted by Crippen LogP contribution is -2.48. The Hall–Kier alpha value is -1.94. The summed E-state index contributed by atoms with van der Waals surface area (Å²) in [6.45, 7) is 1.56. The Morgan fingerprint density at radius 1 is 1.29 bits per heavy atom. The summed E-state index contributed by atoms with van der Waals surface area (Å²) < 4.78 is 0. The summed E-state index contributed by atoms with van der Waals surface area (Å²) in [5.41, 5.74) is 2.21. The lowest BCUT2D eigenvalue weighted by Gasteiger charge is -2.39. The fourth-order valence-electron chi connectivity index (χ4n) is 2.52. The van der Waals surface area contributed by atoms with Crippen LogP contribution in [0.3, 0.4) is 0 Å². The number of halogens is 1. The van der Waals surface area contributed by atoms with Gasteiger partial charge in [-0.05, 0) is 29.7 Å². The second kappa shape index (κ2) is 6.22. The fraction of sp³-hybridized carbons (Fsp3) is 0.312. The molecule has 0 atom stereocenters. The van der Waals surface area contributed by atoms with Gasteiger partial charge in [-0.25, -0.2) is 9.97 Å². The third-order valence-electron chi connectivity index (χ3n) is 3.80. The van der Waals surface area contributed by atoms with Crippen LogP contribution in [-0.4, -0.2) is 33.9 Å². The van der Waals surface area contributed by atoms with Crippen LogP contribution in [0.5, 0.6) is 0 Å². The minimum atomic E-state index is 0.192. The molecule has 4 nitrogen and oxygen atoms in total. The maximum absolute atomic E-state index is 12.1. The van der Waals surface area contributed by atoms with Crippen LogP contribution in [0.4, 0.5) is 0 Å². The number of rotatable bonds is 4. The van der Waals surface area contributed by atoms with E-state index in [-0.39, 0.29) is 5.91 Å². The topological polar surface area (TPSA) is 46.1 Å². The van der Waals surface area contributed by atoms with E-state index in [9.17, 15) is 4.79 Å². The van der Waals surface area contributed by atoms with Crippen LogP contribution >= 0.6 is 11.6 Å². The number of benzene rings is 1. The van der Waals surface area contributed by atoms with Gasteiger partial charge in [0.15, 0.2) is 0 Å². The van der Waals surface area contributed by atoms with Gasteiger partial charge in [-0.1, -0.05) is 23.7 Å². The first kappa shape index (κ1) is 14.0. The Morgan fingerprint density at radius 2 is 2.05 bits per heavy atom. The number of aromatic nitrogens is 2. The van der Waals surface area contributed by atoms with Crippen molar-refractivity contribution in [3.8, 4) is 0 Å². The molecule has 0 aliphatic carbocycles. The Kier molecular flexibility index (Phi) is 4.15. The van der Waals surface area contributed by atoms with Gasteiger partial charge in [-0.3, -0.25) is 4.79 Å². The fourth-order valence-corrected chi connectivity index (χ4v) is 2.72. The monoisotopic (exact) mass is 301 g/mol. The van der Waals surface area contributed by atoms with Crippen LogP contribution in [0, 0.1) is 0 Å². The van der Waals surface area contributed by atoms with Gasteiger partial charge in [0, 0.05) is 42.8 Å². The van der Waals surface area contributed by atoms with Gasteiger partial charge < -0.3 is 4.90 Å². The molecule has 1 aromatic carbocycles. The molecule has 2 aromatic rings. The molecular formula is C16H16ClN3O. The first-order valence-electron chi connectivity index (χ1n) is 6.99. The minimum Gasteiger partial charge on any atom is -0.341 e. The van der Waals surface area contributed by atoms with E-state index in [2.05, 4.69) is 16.0 Å². The largest absolute Gasteiger partial charge is 0.341 e. The van der Waals surface area contributed by atoms with E-state index in [0.29, 0.717) is 18.8 Å². The van der Waals surface area contributed by atoms with Crippen molar-refractivity contribution in [1.29, 1.82) is 0 Å². The molecule has 1 aliphatic rings. The highest BCUT2D eigenvalue weighted by Gasteiger charge is 2.31. The zero-order chi connectivity index (χ0) is 14.7. The molecule has 0 bridgehead atoms. The van der Waals surface area contributed by atoms with Crippen molar-refractivity contribution >= 4 is 17.5 Å². The van der Waals surface area contributed by atoms with Gasteiger partial charge in [0.25, 0.3) is 0 Å². The van der Waals surface area contributed by atoms with Gasteiger partial charge >= 0.3 is 0 Å². The highest BCUT2D eigenvalue weighted by Crippen LogP contribution is 2.29. The molecule has 21 heavy (non-hydrogen) atoms.